The number of ketones is 1. The van der Waals surface area contributed by atoms with E-state index in [2.05, 4.69) is 10.6 Å². The standard InChI is InChI=1S/C19H20N2O6/c1-4-26-19(25)16-15(11(2)22)12(3)27-18(16)21-14(23)10-20-17(24)13-8-6-5-7-9-13/h5-9H,4,10H2,1-3H3,(H,20,24)(H,21,23). The van der Waals surface area contributed by atoms with Crippen LogP contribution in [0.15, 0.2) is 34.7 Å². The Morgan fingerprint density at radius 3 is 2.33 bits per heavy atom. The monoisotopic (exact) mass is 372 g/mol. The smallest absolute Gasteiger partial charge is 0.344 e. The van der Waals surface area contributed by atoms with Crippen LogP contribution in [0.2, 0.25) is 0 Å². The Bertz CT molecular complexity index is 870. The van der Waals surface area contributed by atoms with Crippen molar-refractivity contribution in [2.45, 2.75) is 20.8 Å². The molecule has 0 spiro atoms. The topological polar surface area (TPSA) is 115 Å². The number of esters is 1. The highest BCUT2D eigenvalue weighted by Crippen LogP contribution is 2.28. The molecule has 0 unspecified atom stereocenters. The fourth-order valence-corrected chi connectivity index (χ4v) is 2.48. The van der Waals surface area contributed by atoms with Gasteiger partial charge in [0, 0.05) is 5.56 Å². The van der Waals surface area contributed by atoms with E-state index in [-0.39, 0.29) is 35.9 Å². The van der Waals surface area contributed by atoms with Crippen molar-refractivity contribution in [1.82, 2.24) is 5.32 Å². The molecule has 2 aromatic rings. The molecule has 8 heteroatoms. The molecule has 27 heavy (non-hydrogen) atoms. The summed E-state index contributed by atoms with van der Waals surface area (Å²) < 4.78 is 10.3. The average Bonchev–Trinajstić information content (AvgIpc) is 2.96. The number of Topliss-reactive ketones (excluding diaryl/α,β-unsaturated/α-hetero) is 1. The first-order valence-electron chi connectivity index (χ1n) is 8.29. The minimum atomic E-state index is -0.775. The number of carbonyl (C=O) groups is 4. The van der Waals surface area contributed by atoms with Crippen molar-refractivity contribution in [1.29, 1.82) is 0 Å². The second-order valence-corrected chi connectivity index (χ2v) is 5.61. The van der Waals surface area contributed by atoms with Gasteiger partial charge in [0.2, 0.25) is 11.8 Å². The molecular formula is C19H20N2O6. The van der Waals surface area contributed by atoms with Gasteiger partial charge in [-0.15, -0.1) is 0 Å². The Labute approximate surface area is 155 Å². The minimum Gasteiger partial charge on any atom is -0.462 e. The van der Waals surface area contributed by atoms with Gasteiger partial charge in [-0.25, -0.2) is 4.79 Å². The largest absolute Gasteiger partial charge is 0.462 e. The summed E-state index contributed by atoms with van der Waals surface area (Å²) in [6.07, 6.45) is 0. The molecule has 0 bridgehead atoms. The van der Waals surface area contributed by atoms with Crippen molar-refractivity contribution in [3.05, 3.63) is 52.8 Å². The lowest BCUT2D eigenvalue weighted by atomic mass is 10.1. The quantitative estimate of drug-likeness (QED) is 0.569. The lowest BCUT2D eigenvalue weighted by Crippen LogP contribution is -2.33. The SMILES string of the molecule is CCOC(=O)c1c(NC(=O)CNC(=O)c2ccccc2)oc(C)c1C(C)=O. The first-order chi connectivity index (χ1) is 12.8. The van der Waals surface area contributed by atoms with Gasteiger partial charge in [0.15, 0.2) is 5.78 Å². The summed E-state index contributed by atoms with van der Waals surface area (Å²) in [5, 5.41) is 4.86. The minimum absolute atomic E-state index is 0.0528. The van der Waals surface area contributed by atoms with E-state index in [9.17, 15) is 19.2 Å². The molecule has 2 N–H and O–H groups in total. The Hall–Kier alpha value is -3.42. The van der Waals surface area contributed by atoms with Crippen molar-refractivity contribution in [3.8, 4) is 0 Å². The van der Waals surface area contributed by atoms with E-state index in [0.29, 0.717) is 5.56 Å². The van der Waals surface area contributed by atoms with E-state index >= 15 is 0 Å². The van der Waals surface area contributed by atoms with Gasteiger partial charge in [-0.05, 0) is 32.9 Å². The molecule has 1 heterocycles. The van der Waals surface area contributed by atoms with Crippen LogP contribution >= 0.6 is 0 Å². The molecule has 0 radical (unpaired) electrons. The Balaban J connectivity index is 2.13. The fourth-order valence-electron chi connectivity index (χ4n) is 2.48. The zero-order chi connectivity index (χ0) is 20.0. The van der Waals surface area contributed by atoms with Crippen LogP contribution in [-0.2, 0) is 9.53 Å². The Morgan fingerprint density at radius 1 is 1.07 bits per heavy atom. The van der Waals surface area contributed by atoms with Gasteiger partial charge in [-0.2, -0.15) is 0 Å². The highest BCUT2D eigenvalue weighted by molar-refractivity contribution is 6.11. The summed E-state index contributed by atoms with van der Waals surface area (Å²) in [6, 6.07) is 8.40. The van der Waals surface area contributed by atoms with Gasteiger partial charge in [-0.1, -0.05) is 18.2 Å². The maximum Gasteiger partial charge on any atom is 0.344 e. The number of hydrogen-bond donors (Lipinski definition) is 2. The third-order valence-corrected chi connectivity index (χ3v) is 3.61. The molecule has 8 nitrogen and oxygen atoms in total. The molecule has 0 aliphatic rings. The molecule has 0 saturated heterocycles. The third-order valence-electron chi connectivity index (χ3n) is 3.61. The van der Waals surface area contributed by atoms with Crippen molar-refractivity contribution in [2.75, 3.05) is 18.5 Å². The summed E-state index contributed by atoms with van der Waals surface area (Å²) >= 11 is 0. The van der Waals surface area contributed by atoms with Gasteiger partial charge in [-0.3, -0.25) is 19.7 Å². The second kappa shape index (κ2) is 8.79. The van der Waals surface area contributed by atoms with Crippen LogP contribution in [0.4, 0.5) is 5.88 Å². The fraction of sp³-hybridized carbons (Fsp3) is 0.263. The van der Waals surface area contributed by atoms with Crippen molar-refractivity contribution in [2.24, 2.45) is 0 Å². The van der Waals surface area contributed by atoms with Crippen LogP contribution in [0.5, 0.6) is 0 Å². The highest BCUT2D eigenvalue weighted by Gasteiger charge is 2.28. The molecule has 0 aliphatic heterocycles. The zero-order valence-electron chi connectivity index (χ0n) is 15.3. The molecular weight excluding hydrogens is 352 g/mol. The van der Waals surface area contributed by atoms with E-state index in [1.54, 1.807) is 37.3 Å². The van der Waals surface area contributed by atoms with E-state index in [1.807, 2.05) is 0 Å². The van der Waals surface area contributed by atoms with Gasteiger partial charge in [0.05, 0.1) is 18.7 Å². The van der Waals surface area contributed by atoms with Crippen LogP contribution in [0.3, 0.4) is 0 Å². The molecule has 142 valence electrons. The molecule has 0 fully saturated rings. The maximum atomic E-state index is 12.2. The number of aryl methyl sites for hydroxylation is 1. The Morgan fingerprint density at radius 2 is 1.74 bits per heavy atom. The molecule has 0 aliphatic carbocycles. The van der Waals surface area contributed by atoms with E-state index in [0.717, 1.165) is 0 Å². The third kappa shape index (κ3) is 4.81. The predicted octanol–water partition coefficient (Wildman–Crippen LogP) is 2.34. The number of rotatable bonds is 7. The van der Waals surface area contributed by atoms with Crippen molar-refractivity contribution in [3.63, 3.8) is 0 Å². The molecule has 0 saturated carbocycles. The number of furan rings is 1. The van der Waals surface area contributed by atoms with E-state index in [4.69, 9.17) is 9.15 Å². The number of anilines is 1. The van der Waals surface area contributed by atoms with E-state index in [1.165, 1.54) is 13.8 Å². The van der Waals surface area contributed by atoms with Gasteiger partial charge in [0.25, 0.3) is 5.91 Å². The lowest BCUT2D eigenvalue weighted by Gasteiger charge is -2.07. The zero-order valence-corrected chi connectivity index (χ0v) is 15.3. The highest BCUT2D eigenvalue weighted by atomic mass is 16.5. The number of benzene rings is 1. The molecule has 1 aromatic carbocycles. The van der Waals surface area contributed by atoms with Gasteiger partial charge < -0.3 is 14.5 Å². The van der Waals surface area contributed by atoms with Crippen molar-refractivity contribution >= 4 is 29.5 Å². The van der Waals surface area contributed by atoms with Crippen molar-refractivity contribution < 1.29 is 28.3 Å². The first kappa shape index (κ1) is 19.9. The number of hydrogen-bond acceptors (Lipinski definition) is 6. The van der Waals surface area contributed by atoms with Crippen LogP contribution < -0.4 is 10.6 Å². The average molecular weight is 372 g/mol. The number of nitrogens with one attached hydrogen (secondary N) is 2. The Kier molecular flexibility index (Phi) is 6.48. The second-order valence-electron chi connectivity index (χ2n) is 5.61. The van der Waals surface area contributed by atoms with Crippen LogP contribution in [0.25, 0.3) is 0 Å². The summed E-state index contributed by atoms with van der Waals surface area (Å²) in [5.74, 6) is -2.20. The van der Waals surface area contributed by atoms with Crippen LogP contribution in [0, 0.1) is 6.92 Å². The normalized spacial score (nSPS) is 10.2. The molecule has 2 rings (SSSR count). The molecule has 2 amide bonds. The predicted molar refractivity (Wildman–Crippen MR) is 96.8 cm³/mol. The summed E-state index contributed by atoms with van der Waals surface area (Å²) in [7, 11) is 0. The van der Waals surface area contributed by atoms with E-state index < -0.39 is 23.6 Å². The molecule has 0 atom stereocenters. The van der Waals surface area contributed by atoms with Gasteiger partial charge in [0.1, 0.15) is 11.3 Å². The van der Waals surface area contributed by atoms with Crippen LogP contribution in [0.1, 0.15) is 50.7 Å². The first-order valence-corrected chi connectivity index (χ1v) is 8.29. The number of ether oxygens (including phenoxy) is 1. The summed E-state index contributed by atoms with van der Waals surface area (Å²) in [4.78, 5) is 48.1. The van der Waals surface area contributed by atoms with Gasteiger partial charge >= 0.3 is 5.97 Å². The maximum absolute atomic E-state index is 12.2. The van der Waals surface area contributed by atoms with Crippen LogP contribution in [-0.4, -0.2) is 36.7 Å². The number of amides is 2. The number of carbonyl (C=O) groups excluding carboxylic acids is 4. The summed E-state index contributed by atoms with van der Waals surface area (Å²) in [6.45, 7) is 4.17. The lowest BCUT2D eigenvalue weighted by molar-refractivity contribution is -0.115. The summed E-state index contributed by atoms with van der Waals surface area (Å²) in [5.41, 5.74) is 0.326. The molecule has 1 aromatic heterocycles.